The highest BCUT2D eigenvalue weighted by molar-refractivity contribution is 7.89. The molecule has 0 bridgehead atoms. The highest BCUT2D eigenvalue weighted by atomic mass is 32.2. The molecule has 2 aromatic carbocycles. The van der Waals surface area contributed by atoms with Crippen LogP contribution in [0.2, 0.25) is 0 Å². The Bertz CT molecular complexity index is 1070. The van der Waals surface area contributed by atoms with Crippen molar-refractivity contribution >= 4 is 27.6 Å². The van der Waals surface area contributed by atoms with Crippen LogP contribution in [0.25, 0.3) is 11.1 Å². The van der Waals surface area contributed by atoms with E-state index in [9.17, 15) is 18.0 Å². The number of carbonyl (C=O) groups excluding carboxylic acids is 1. The van der Waals surface area contributed by atoms with Gasteiger partial charge < -0.3 is 16.6 Å². The number of nitrogens with two attached hydrogens (primary N) is 3. The summed E-state index contributed by atoms with van der Waals surface area (Å²) in [4.78, 5) is 22.0. The zero-order chi connectivity index (χ0) is 20.2. The van der Waals surface area contributed by atoms with E-state index in [-0.39, 0.29) is 24.1 Å². The molecule has 0 saturated carbocycles. The smallest absolute Gasteiger partial charge is 0.304 e. The van der Waals surface area contributed by atoms with E-state index in [1.54, 1.807) is 30.3 Å². The minimum absolute atomic E-state index is 0.0175. The summed E-state index contributed by atoms with van der Waals surface area (Å²) in [5.74, 6) is 3.03. The van der Waals surface area contributed by atoms with Gasteiger partial charge in [-0.25, -0.2) is 13.6 Å². The maximum Gasteiger partial charge on any atom is 0.304 e. The van der Waals surface area contributed by atoms with Gasteiger partial charge in [0, 0.05) is 17.5 Å². The summed E-state index contributed by atoms with van der Waals surface area (Å²) in [6.07, 6.45) is -0.239. The van der Waals surface area contributed by atoms with Crippen molar-refractivity contribution in [2.75, 3.05) is 5.73 Å². The Hall–Kier alpha value is -3.35. The predicted molar refractivity (Wildman–Crippen MR) is 99.9 cm³/mol. The Morgan fingerprint density at radius 2 is 1.78 bits per heavy atom. The molecule has 0 unspecified atom stereocenters. The lowest BCUT2D eigenvalue weighted by Crippen LogP contribution is -2.24. The fraction of sp³-hybridized carbons (Fsp3) is 0.111. The molecule has 0 spiro atoms. The summed E-state index contributed by atoms with van der Waals surface area (Å²) < 4.78 is 24.1. The number of primary amides is 1. The van der Waals surface area contributed by atoms with E-state index in [0.29, 0.717) is 11.1 Å². The zero-order valence-corrected chi connectivity index (χ0v) is 14.9. The van der Waals surface area contributed by atoms with Gasteiger partial charge in [0.15, 0.2) is 0 Å². The van der Waals surface area contributed by atoms with Crippen molar-refractivity contribution in [3.8, 4) is 23.0 Å². The van der Waals surface area contributed by atoms with Crippen molar-refractivity contribution in [1.82, 2.24) is 0 Å². The standard InChI is InChI=1S/C18H17N3O5S/c19-16-13(11-6-2-1-3-7-11)10-12(8-4-5-9-14(22)23)17(27(21,25)26)15(16)18(20)24/h1-3,6-7,10H,5,9,19H2,(H2,20,24)(H,22,23)(H2,21,25,26). The Morgan fingerprint density at radius 3 is 2.30 bits per heavy atom. The number of carboxylic acid groups (broad SMARTS) is 1. The van der Waals surface area contributed by atoms with Crippen LogP contribution in [-0.4, -0.2) is 25.4 Å². The molecule has 0 aliphatic rings. The molecule has 0 atom stereocenters. The van der Waals surface area contributed by atoms with Gasteiger partial charge in [0.25, 0.3) is 5.91 Å². The number of hydrogen-bond acceptors (Lipinski definition) is 5. The van der Waals surface area contributed by atoms with Crippen LogP contribution < -0.4 is 16.6 Å². The van der Waals surface area contributed by atoms with Gasteiger partial charge in [0.05, 0.1) is 17.7 Å². The monoisotopic (exact) mass is 387 g/mol. The van der Waals surface area contributed by atoms with E-state index in [1.807, 2.05) is 0 Å². The fourth-order valence-corrected chi connectivity index (χ4v) is 3.41. The second-order valence-corrected chi connectivity index (χ2v) is 7.06. The van der Waals surface area contributed by atoms with Crippen LogP contribution in [0, 0.1) is 11.8 Å². The van der Waals surface area contributed by atoms with Crippen molar-refractivity contribution in [2.24, 2.45) is 10.9 Å². The molecule has 0 fully saturated rings. The van der Waals surface area contributed by atoms with Gasteiger partial charge in [0.1, 0.15) is 4.90 Å². The van der Waals surface area contributed by atoms with Gasteiger partial charge in [-0.2, -0.15) is 0 Å². The van der Waals surface area contributed by atoms with Crippen LogP contribution in [-0.2, 0) is 14.8 Å². The summed E-state index contributed by atoms with van der Waals surface area (Å²) >= 11 is 0. The summed E-state index contributed by atoms with van der Waals surface area (Å²) in [7, 11) is -4.38. The number of primary sulfonamides is 1. The van der Waals surface area contributed by atoms with Gasteiger partial charge in [-0.05, 0) is 11.6 Å². The van der Waals surface area contributed by atoms with E-state index in [0.717, 1.165) is 0 Å². The largest absolute Gasteiger partial charge is 0.481 e. The van der Waals surface area contributed by atoms with Crippen molar-refractivity contribution in [2.45, 2.75) is 17.7 Å². The summed E-state index contributed by atoms with van der Waals surface area (Å²) in [6, 6.07) is 10.1. The summed E-state index contributed by atoms with van der Waals surface area (Å²) in [5, 5.41) is 13.9. The number of carboxylic acids is 1. The van der Waals surface area contributed by atoms with E-state index in [1.165, 1.54) is 6.07 Å². The third-order valence-electron chi connectivity index (χ3n) is 3.62. The average molecular weight is 387 g/mol. The molecular weight excluding hydrogens is 370 g/mol. The maximum absolute atomic E-state index is 12.1. The van der Waals surface area contributed by atoms with Crippen LogP contribution in [0.3, 0.4) is 0 Å². The number of hydrogen-bond donors (Lipinski definition) is 4. The number of nitrogen functional groups attached to an aromatic ring is 1. The second-order valence-electron chi connectivity index (χ2n) is 5.56. The molecule has 140 valence electrons. The number of amides is 1. The number of rotatable bonds is 5. The molecular formula is C18H17N3O5S. The van der Waals surface area contributed by atoms with Crippen LogP contribution in [0.1, 0.15) is 28.8 Å². The molecule has 0 radical (unpaired) electrons. The van der Waals surface area contributed by atoms with Gasteiger partial charge in [0.2, 0.25) is 10.0 Å². The van der Waals surface area contributed by atoms with Gasteiger partial charge in [-0.15, -0.1) is 0 Å². The number of benzene rings is 2. The number of sulfonamides is 1. The van der Waals surface area contributed by atoms with Crippen LogP contribution in [0.15, 0.2) is 41.3 Å². The Balaban J connectivity index is 2.81. The third kappa shape index (κ3) is 4.63. The first-order chi connectivity index (χ1) is 12.6. The fourth-order valence-electron chi connectivity index (χ4n) is 2.50. The van der Waals surface area contributed by atoms with E-state index in [2.05, 4.69) is 11.8 Å². The molecule has 0 aliphatic heterocycles. The van der Waals surface area contributed by atoms with Crippen LogP contribution in [0.5, 0.6) is 0 Å². The molecule has 2 aromatic rings. The van der Waals surface area contributed by atoms with E-state index in [4.69, 9.17) is 21.7 Å². The lowest BCUT2D eigenvalue weighted by molar-refractivity contribution is -0.136. The first kappa shape index (κ1) is 20.0. The molecule has 0 aromatic heterocycles. The molecule has 8 nitrogen and oxygen atoms in total. The quantitative estimate of drug-likeness (QED) is 0.439. The van der Waals surface area contributed by atoms with Crippen molar-refractivity contribution in [1.29, 1.82) is 0 Å². The van der Waals surface area contributed by atoms with Crippen LogP contribution >= 0.6 is 0 Å². The van der Waals surface area contributed by atoms with Gasteiger partial charge in [-0.3, -0.25) is 9.59 Å². The van der Waals surface area contributed by atoms with Crippen molar-refractivity contribution in [3.05, 3.63) is 47.5 Å². The Morgan fingerprint density at radius 1 is 1.15 bits per heavy atom. The summed E-state index contributed by atoms with van der Waals surface area (Å²) in [6.45, 7) is 0. The predicted octanol–water partition coefficient (Wildman–Crippen LogP) is 0.898. The minimum atomic E-state index is -4.38. The lowest BCUT2D eigenvalue weighted by atomic mass is 9.96. The highest BCUT2D eigenvalue weighted by Crippen LogP contribution is 2.34. The molecule has 2 rings (SSSR count). The third-order valence-corrected chi connectivity index (χ3v) is 4.62. The maximum atomic E-state index is 12.1. The topological polar surface area (TPSA) is 167 Å². The van der Waals surface area contributed by atoms with Crippen molar-refractivity contribution < 1.29 is 23.1 Å². The first-order valence-electron chi connectivity index (χ1n) is 7.68. The van der Waals surface area contributed by atoms with E-state index >= 15 is 0 Å². The second kappa shape index (κ2) is 7.90. The molecule has 0 aliphatic carbocycles. The van der Waals surface area contributed by atoms with Gasteiger partial charge in [-0.1, -0.05) is 42.2 Å². The lowest BCUT2D eigenvalue weighted by Gasteiger charge is -2.15. The number of aliphatic carboxylic acids is 1. The van der Waals surface area contributed by atoms with Crippen molar-refractivity contribution in [3.63, 3.8) is 0 Å². The Kier molecular flexibility index (Phi) is 5.85. The zero-order valence-electron chi connectivity index (χ0n) is 14.1. The highest BCUT2D eigenvalue weighted by Gasteiger charge is 2.27. The molecule has 0 saturated heterocycles. The SMILES string of the molecule is NC(=O)c1c(N)c(-c2ccccc2)cc(C#CCCC(=O)O)c1S(N)(=O)=O. The Labute approximate surface area is 156 Å². The molecule has 1 amide bonds. The first-order valence-corrected chi connectivity index (χ1v) is 9.22. The average Bonchev–Trinajstić information content (AvgIpc) is 2.58. The summed E-state index contributed by atoms with van der Waals surface area (Å²) in [5.41, 5.74) is 11.7. The molecule has 27 heavy (non-hydrogen) atoms. The minimum Gasteiger partial charge on any atom is -0.481 e. The number of carbonyl (C=O) groups is 2. The normalized spacial score (nSPS) is 10.7. The van der Waals surface area contributed by atoms with Gasteiger partial charge >= 0.3 is 5.97 Å². The molecule has 7 N–H and O–H groups in total. The number of anilines is 1. The van der Waals surface area contributed by atoms with E-state index < -0.39 is 32.4 Å². The van der Waals surface area contributed by atoms with Crippen LogP contribution in [0.4, 0.5) is 5.69 Å². The molecule has 0 heterocycles. The molecule has 9 heteroatoms.